The molecule has 0 unspecified atom stereocenters. The van der Waals surface area contributed by atoms with Crippen LogP contribution in [-0.2, 0) is 6.54 Å². The maximum Gasteiger partial charge on any atom is 0.178 e. The van der Waals surface area contributed by atoms with E-state index in [4.69, 9.17) is 0 Å². The maximum atomic E-state index is 11.5. The van der Waals surface area contributed by atoms with Crippen molar-refractivity contribution in [1.82, 2.24) is 0 Å². The van der Waals surface area contributed by atoms with Crippen molar-refractivity contribution in [3.8, 4) is 0 Å². The minimum absolute atomic E-state index is 0.417. The van der Waals surface area contributed by atoms with Gasteiger partial charge in [0.25, 0.3) is 0 Å². The fraction of sp³-hybridized carbons (Fsp3) is 0.400. The zero-order valence-corrected chi connectivity index (χ0v) is 10.5. The van der Waals surface area contributed by atoms with Crippen LogP contribution >= 0.6 is 0 Å². The Morgan fingerprint density at radius 2 is 1.94 bits per heavy atom. The molecule has 1 rings (SSSR count). The van der Waals surface area contributed by atoms with Crippen LogP contribution in [0.2, 0.25) is 0 Å². The lowest BCUT2D eigenvalue weighted by Gasteiger charge is -2.02. The summed E-state index contributed by atoms with van der Waals surface area (Å²) in [7, 11) is 0. The van der Waals surface area contributed by atoms with Crippen LogP contribution in [0.1, 0.15) is 38.2 Å². The summed E-state index contributed by atoms with van der Waals surface area (Å²) < 4.78 is 0.964. The molecule has 92 valence electrons. The Morgan fingerprint density at radius 1 is 1.18 bits per heavy atom. The number of benzene rings is 1. The third-order valence-electron chi connectivity index (χ3n) is 2.54. The normalized spacial score (nSPS) is 12.2. The van der Waals surface area contributed by atoms with Gasteiger partial charge in [-0.2, -0.15) is 0 Å². The van der Waals surface area contributed by atoms with Crippen LogP contribution in [-0.4, -0.2) is 11.0 Å². The summed E-state index contributed by atoms with van der Waals surface area (Å²) >= 11 is 0. The highest BCUT2D eigenvalue weighted by Gasteiger charge is 1.94. The van der Waals surface area contributed by atoms with Gasteiger partial charge >= 0.3 is 0 Å². The first-order valence-corrected chi connectivity index (χ1v) is 6.30. The van der Waals surface area contributed by atoms with Gasteiger partial charge in [-0.15, -0.1) is 0 Å². The van der Waals surface area contributed by atoms with E-state index < -0.39 is 0 Å². The zero-order chi connectivity index (χ0) is 12.3. The molecule has 0 radical (unpaired) electrons. The summed E-state index contributed by atoms with van der Waals surface area (Å²) in [5.74, 6) is 0. The van der Waals surface area contributed by atoms with Crippen LogP contribution in [0.25, 0.3) is 0 Å². The van der Waals surface area contributed by atoms with Crippen molar-refractivity contribution in [3.05, 3.63) is 53.3 Å². The molecular weight excluding hydrogens is 210 g/mol. The molecule has 0 saturated carbocycles. The van der Waals surface area contributed by atoms with Gasteiger partial charge in [0, 0.05) is 5.56 Å². The van der Waals surface area contributed by atoms with E-state index in [0.29, 0.717) is 6.54 Å². The lowest BCUT2D eigenvalue weighted by atomic mass is 10.2. The molecule has 0 aliphatic rings. The molecule has 0 saturated heterocycles. The van der Waals surface area contributed by atoms with E-state index in [1.54, 1.807) is 6.21 Å². The summed E-state index contributed by atoms with van der Waals surface area (Å²) in [5.41, 5.74) is 1.04. The fourth-order valence-corrected chi connectivity index (χ4v) is 1.58. The molecule has 0 aliphatic carbocycles. The van der Waals surface area contributed by atoms with E-state index in [0.717, 1.165) is 16.7 Å². The molecule has 0 aromatic heterocycles. The van der Waals surface area contributed by atoms with Gasteiger partial charge in [0.15, 0.2) is 12.8 Å². The Bertz CT molecular complexity index is 354. The number of hydroxylamine groups is 1. The fourth-order valence-electron chi connectivity index (χ4n) is 1.58. The van der Waals surface area contributed by atoms with Crippen molar-refractivity contribution in [1.29, 1.82) is 0 Å². The number of allylic oxidation sites excluding steroid dienone is 2. The average Bonchev–Trinajstić information content (AvgIpc) is 2.35. The Labute approximate surface area is 104 Å². The van der Waals surface area contributed by atoms with Gasteiger partial charge in [-0.3, -0.25) is 0 Å². The van der Waals surface area contributed by atoms with Crippen molar-refractivity contribution in [2.75, 3.05) is 0 Å². The average molecular weight is 231 g/mol. The van der Waals surface area contributed by atoms with Crippen LogP contribution in [0.15, 0.2) is 42.5 Å². The molecule has 17 heavy (non-hydrogen) atoms. The van der Waals surface area contributed by atoms with E-state index in [9.17, 15) is 5.21 Å². The van der Waals surface area contributed by atoms with Crippen molar-refractivity contribution in [2.45, 2.75) is 39.2 Å². The second kappa shape index (κ2) is 8.57. The standard InChI is InChI=1S/C15H21NO/c1-2-3-4-5-6-10-13-16(17)14-15-11-8-7-9-12-15/h6-13H,2-5,14H2,1H3. The van der Waals surface area contributed by atoms with E-state index in [1.807, 2.05) is 36.4 Å². The number of hydrogen-bond donors (Lipinski definition) is 0. The molecule has 0 amide bonds. The van der Waals surface area contributed by atoms with Crippen LogP contribution in [0.4, 0.5) is 0 Å². The summed E-state index contributed by atoms with van der Waals surface area (Å²) in [6.45, 7) is 2.61. The van der Waals surface area contributed by atoms with E-state index in [-0.39, 0.29) is 0 Å². The Balaban J connectivity index is 2.30. The predicted molar refractivity (Wildman–Crippen MR) is 73.1 cm³/mol. The number of rotatable bonds is 7. The lowest BCUT2D eigenvalue weighted by molar-refractivity contribution is -0.469. The van der Waals surface area contributed by atoms with Crippen molar-refractivity contribution in [3.63, 3.8) is 0 Å². The molecule has 2 nitrogen and oxygen atoms in total. The molecule has 1 aromatic rings. The highest BCUT2D eigenvalue weighted by atomic mass is 16.5. The second-order valence-corrected chi connectivity index (χ2v) is 4.13. The van der Waals surface area contributed by atoms with Crippen LogP contribution in [0.5, 0.6) is 0 Å². The van der Waals surface area contributed by atoms with Gasteiger partial charge < -0.3 is 5.21 Å². The minimum Gasteiger partial charge on any atom is -0.624 e. The first-order chi connectivity index (χ1) is 8.33. The zero-order valence-electron chi connectivity index (χ0n) is 10.5. The molecule has 0 N–H and O–H groups in total. The lowest BCUT2D eigenvalue weighted by Crippen LogP contribution is -2.03. The van der Waals surface area contributed by atoms with Gasteiger partial charge in [-0.1, -0.05) is 56.2 Å². The van der Waals surface area contributed by atoms with Crippen LogP contribution in [0.3, 0.4) is 0 Å². The molecule has 0 aliphatic heterocycles. The minimum atomic E-state index is 0.417. The Morgan fingerprint density at radius 3 is 2.65 bits per heavy atom. The summed E-state index contributed by atoms with van der Waals surface area (Å²) in [4.78, 5) is 0. The van der Waals surface area contributed by atoms with E-state index >= 15 is 0 Å². The summed E-state index contributed by atoms with van der Waals surface area (Å²) in [6.07, 6.45) is 10.3. The van der Waals surface area contributed by atoms with Crippen molar-refractivity contribution in [2.24, 2.45) is 0 Å². The van der Waals surface area contributed by atoms with Crippen molar-refractivity contribution < 1.29 is 4.74 Å². The first kappa shape index (κ1) is 13.5. The highest BCUT2D eigenvalue weighted by molar-refractivity contribution is 5.66. The molecule has 2 heteroatoms. The molecule has 0 bridgehead atoms. The summed E-state index contributed by atoms with van der Waals surface area (Å²) in [5, 5.41) is 11.5. The second-order valence-electron chi connectivity index (χ2n) is 4.13. The smallest absolute Gasteiger partial charge is 0.178 e. The third-order valence-corrected chi connectivity index (χ3v) is 2.54. The predicted octanol–water partition coefficient (Wildman–Crippen LogP) is 3.90. The van der Waals surface area contributed by atoms with Crippen molar-refractivity contribution >= 4 is 6.21 Å². The molecule has 0 spiro atoms. The number of unbranched alkanes of at least 4 members (excludes halogenated alkanes) is 3. The molecule has 1 aromatic carbocycles. The van der Waals surface area contributed by atoms with Crippen LogP contribution < -0.4 is 0 Å². The SMILES string of the molecule is CCCCCC=CC=[N+]([O-])Cc1ccccc1. The Kier molecular flexibility index (Phi) is 6.80. The molecule has 0 atom stereocenters. The Hall–Kier alpha value is -1.57. The topological polar surface area (TPSA) is 26.1 Å². The quantitative estimate of drug-likeness (QED) is 0.230. The molecule has 0 heterocycles. The van der Waals surface area contributed by atoms with Gasteiger partial charge in [0.1, 0.15) is 0 Å². The monoisotopic (exact) mass is 231 g/mol. The van der Waals surface area contributed by atoms with Gasteiger partial charge in [-0.05, 0) is 18.9 Å². The van der Waals surface area contributed by atoms with Gasteiger partial charge in [0.05, 0.1) is 0 Å². The maximum absolute atomic E-state index is 11.5. The molecular formula is C15H21NO. The van der Waals surface area contributed by atoms with E-state index in [2.05, 4.69) is 13.0 Å². The van der Waals surface area contributed by atoms with Gasteiger partial charge in [0.2, 0.25) is 0 Å². The highest BCUT2D eigenvalue weighted by Crippen LogP contribution is 2.00. The number of hydrogen-bond acceptors (Lipinski definition) is 1. The third kappa shape index (κ3) is 6.56. The van der Waals surface area contributed by atoms with Crippen LogP contribution in [0, 0.1) is 5.21 Å². The summed E-state index contributed by atoms with van der Waals surface area (Å²) in [6, 6.07) is 9.77. The largest absolute Gasteiger partial charge is 0.624 e. The molecule has 0 fully saturated rings. The first-order valence-electron chi connectivity index (χ1n) is 6.30. The van der Waals surface area contributed by atoms with Gasteiger partial charge in [-0.25, -0.2) is 4.74 Å². The number of nitrogens with zero attached hydrogens (tertiary/aromatic N) is 1. The van der Waals surface area contributed by atoms with E-state index in [1.165, 1.54) is 19.3 Å².